The first-order valence-corrected chi connectivity index (χ1v) is 11.9. The molecule has 0 amide bonds. The Morgan fingerprint density at radius 3 is 2.76 bits per heavy atom. The Labute approximate surface area is 194 Å². The summed E-state index contributed by atoms with van der Waals surface area (Å²) >= 11 is 0. The second-order valence-electron chi connectivity index (χ2n) is 9.70. The topological polar surface area (TPSA) is 71.8 Å². The van der Waals surface area contributed by atoms with Crippen LogP contribution in [-0.2, 0) is 0 Å². The summed E-state index contributed by atoms with van der Waals surface area (Å²) in [5, 5.41) is 0. The van der Waals surface area contributed by atoms with Crippen molar-refractivity contribution in [3.63, 3.8) is 0 Å². The fraction of sp³-hybridized carbons (Fsp3) is 0.370. The maximum absolute atomic E-state index is 6.39. The number of nitrogen functional groups attached to an aromatic ring is 1. The second kappa shape index (κ2) is 7.96. The van der Waals surface area contributed by atoms with Crippen molar-refractivity contribution in [1.82, 2.24) is 19.3 Å². The van der Waals surface area contributed by atoms with E-state index in [2.05, 4.69) is 70.9 Å². The molecule has 3 aliphatic carbocycles. The molecule has 0 aromatic carbocycles. The van der Waals surface area contributed by atoms with Crippen molar-refractivity contribution in [2.24, 2.45) is 4.99 Å². The largest absolute Gasteiger partial charge is 0.382 e. The third kappa shape index (κ3) is 3.49. The van der Waals surface area contributed by atoms with Crippen molar-refractivity contribution in [2.75, 3.05) is 19.8 Å². The molecule has 6 rings (SSSR count). The van der Waals surface area contributed by atoms with E-state index in [-0.39, 0.29) is 6.04 Å². The van der Waals surface area contributed by atoms with Crippen LogP contribution in [0.5, 0.6) is 0 Å². The molecule has 2 aromatic heterocycles. The summed E-state index contributed by atoms with van der Waals surface area (Å²) in [6.45, 7) is 0. The number of allylic oxidation sites excluding steroid dienone is 7. The first-order valence-electron chi connectivity index (χ1n) is 11.9. The van der Waals surface area contributed by atoms with E-state index < -0.39 is 0 Å². The minimum absolute atomic E-state index is 0.112. The molecule has 4 aliphatic rings. The maximum atomic E-state index is 6.39. The van der Waals surface area contributed by atoms with Crippen molar-refractivity contribution in [2.45, 2.75) is 50.1 Å². The fourth-order valence-electron chi connectivity index (χ4n) is 5.34. The third-order valence-corrected chi connectivity index (χ3v) is 7.42. The van der Waals surface area contributed by atoms with Gasteiger partial charge in [-0.05, 0) is 62.6 Å². The Balaban J connectivity index is 1.35. The molecule has 6 nitrogen and oxygen atoms in total. The van der Waals surface area contributed by atoms with Gasteiger partial charge in [0, 0.05) is 30.8 Å². The number of fused-ring (bicyclic) bond motifs is 2. The van der Waals surface area contributed by atoms with E-state index in [0.717, 1.165) is 54.9 Å². The van der Waals surface area contributed by atoms with Crippen LogP contribution in [0.3, 0.4) is 0 Å². The number of aromatic nitrogens is 3. The highest BCUT2D eigenvalue weighted by Crippen LogP contribution is 2.41. The summed E-state index contributed by atoms with van der Waals surface area (Å²) in [6.07, 6.45) is 24.5. The summed E-state index contributed by atoms with van der Waals surface area (Å²) in [6, 6.07) is 0.732. The van der Waals surface area contributed by atoms with E-state index in [4.69, 9.17) is 15.7 Å². The Kier molecular flexibility index (Phi) is 4.91. The van der Waals surface area contributed by atoms with Crippen molar-refractivity contribution in [3.05, 3.63) is 77.6 Å². The lowest BCUT2D eigenvalue weighted by atomic mass is 9.79. The van der Waals surface area contributed by atoms with Crippen LogP contribution in [0.4, 0.5) is 5.82 Å². The second-order valence-corrected chi connectivity index (χ2v) is 9.70. The van der Waals surface area contributed by atoms with Gasteiger partial charge >= 0.3 is 0 Å². The zero-order chi connectivity index (χ0) is 22.5. The fourth-order valence-corrected chi connectivity index (χ4v) is 5.34. The van der Waals surface area contributed by atoms with Gasteiger partial charge in [0.25, 0.3) is 0 Å². The average molecular weight is 439 g/mol. The summed E-state index contributed by atoms with van der Waals surface area (Å²) in [7, 11) is 4.31. The van der Waals surface area contributed by atoms with E-state index in [1.54, 1.807) is 6.20 Å². The van der Waals surface area contributed by atoms with Crippen LogP contribution in [0.15, 0.2) is 71.1 Å². The lowest BCUT2D eigenvalue weighted by Gasteiger charge is -2.38. The molecule has 0 spiro atoms. The standard InChI is InChI=1S/C27H30N6/c1-32(2)21-14-20(15-21)27-31-24(25-26(28)29-12-13-33(25)27)19-9-8-18-10-11-22(30-23(18)16-19)17-6-4-3-5-7-17/h4,6-13,20-21,23H,3,5,14-16H2,1-2H3,(H2,28,29)/t20-,21+,23?. The molecule has 1 saturated carbocycles. The monoisotopic (exact) mass is 438 g/mol. The van der Waals surface area contributed by atoms with Crippen LogP contribution in [0, 0.1) is 0 Å². The minimum Gasteiger partial charge on any atom is -0.382 e. The van der Waals surface area contributed by atoms with Crippen LogP contribution < -0.4 is 5.73 Å². The van der Waals surface area contributed by atoms with Crippen LogP contribution in [0.25, 0.3) is 11.1 Å². The van der Waals surface area contributed by atoms with E-state index in [9.17, 15) is 0 Å². The Morgan fingerprint density at radius 2 is 1.97 bits per heavy atom. The number of hydrogen-bond donors (Lipinski definition) is 1. The van der Waals surface area contributed by atoms with Gasteiger partial charge in [-0.3, -0.25) is 9.39 Å². The van der Waals surface area contributed by atoms with Crippen LogP contribution in [0.2, 0.25) is 0 Å². The van der Waals surface area contributed by atoms with Gasteiger partial charge in [0.2, 0.25) is 0 Å². The Hall–Kier alpha value is -3.25. The van der Waals surface area contributed by atoms with Crippen molar-refractivity contribution < 1.29 is 0 Å². The molecule has 6 heteroatoms. The minimum atomic E-state index is 0.112. The number of hydrogen-bond acceptors (Lipinski definition) is 5. The van der Waals surface area contributed by atoms with Gasteiger partial charge in [-0.15, -0.1) is 0 Å². The van der Waals surface area contributed by atoms with E-state index in [1.165, 1.54) is 16.7 Å². The van der Waals surface area contributed by atoms with E-state index >= 15 is 0 Å². The van der Waals surface area contributed by atoms with Gasteiger partial charge in [0.05, 0.1) is 17.4 Å². The first kappa shape index (κ1) is 20.4. The lowest BCUT2D eigenvalue weighted by molar-refractivity contribution is 0.161. The first-order chi connectivity index (χ1) is 16.1. The summed E-state index contributed by atoms with van der Waals surface area (Å²) < 4.78 is 2.17. The number of rotatable bonds is 4. The van der Waals surface area contributed by atoms with Gasteiger partial charge in [-0.2, -0.15) is 0 Å². The van der Waals surface area contributed by atoms with Gasteiger partial charge < -0.3 is 10.6 Å². The number of aliphatic imine (C=N–C) groups is 1. The third-order valence-electron chi connectivity index (χ3n) is 7.42. The average Bonchev–Trinajstić information content (AvgIpc) is 3.18. The lowest BCUT2D eigenvalue weighted by Crippen LogP contribution is -2.39. The molecule has 1 aliphatic heterocycles. The molecule has 0 saturated heterocycles. The Morgan fingerprint density at radius 1 is 1.09 bits per heavy atom. The summed E-state index contributed by atoms with van der Waals surface area (Å²) in [5.74, 6) is 2.09. The maximum Gasteiger partial charge on any atom is 0.150 e. The highest BCUT2D eigenvalue weighted by molar-refractivity contribution is 6.11. The molecule has 0 bridgehead atoms. The van der Waals surface area contributed by atoms with Crippen molar-refractivity contribution in [1.29, 1.82) is 0 Å². The van der Waals surface area contributed by atoms with E-state index in [0.29, 0.717) is 17.8 Å². The zero-order valence-corrected chi connectivity index (χ0v) is 19.3. The highest BCUT2D eigenvalue weighted by Gasteiger charge is 2.36. The van der Waals surface area contributed by atoms with Crippen molar-refractivity contribution >= 4 is 22.6 Å². The highest BCUT2D eigenvalue weighted by atomic mass is 15.1. The van der Waals surface area contributed by atoms with Crippen molar-refractivity contribution in [3.8, 4) is 0 Å². The van der Waals surface area contributed by atoms with Crippen LogP contribution in [-0.4, -0.2) is 51.2 Å². The predicted octanol–water partition coefficient (Wildman–Crippen LogP) is 4.49. The predicted molar refractivity (Wildman–Crippen MR) is 134 cm³/mol. The van der Waals surface area contributed by atoms with Gasteiger partial charge in [0.15, 0.2) is 0 Å². The van der Waals surface area contributed by atoms with Crippen LogP contribution >= 0.6 is 0 Å². The Bertz CT molecular complexity index is 1290. The quantitative estimate of drug-likeness (QED) is 0.764. The van der Waals surface area contributed by atoms with Gasteiger partial charge in [-0.1, -0.05) is 36.5 Å². The number of imidazole rings is 1. The molecular formula is C27H30N6. The molecule has 2 N–H and O–H groups in total. The molecule has 33 heavy (non-hydrogen) atoms. The molecule has 168 valence electrons. The molecule has 0 radical (unpaired) electrons. The summed E-state index contributed by atoms with van der Waals surface area (Å²) in [4.78, 5) is 17.0. The molecular weight excluding hydrogens is 408 g/mol. The molecule has 1 unspecified atom stereocenters. The molecule has 2 aromatic rings. The smallest absolute Gasteiger partial charge is 0.150 e. The molecule has 1 fully saturated rings. The SMILES string of the molecule is CN(C)[C@H]1C[C@@H](c2nc(C3=CC=C4C=CC(C5=CCCC=C5)=NC4C3)c3c(N)nccn32)C1. The zero-order valence-electron chi connectivity index (χ0n) is 19.3. The number of dihydropyridines is 1. The number of anilines is 1. The van der Waals surface area contributed by atoms with E-state index in [1.807, 2.05) is 6.20 Å². The molecule has 3 heterocycles. The normalized spacial score (nSPS) is 26.5. The number of nitrogens with zero attached hydrogens (tertiary/aromatic N) is 5. The number of nitrogens with two attached hydrogens (primary N) is 1. The summed E-state index contributed by atoms with van der Waals surface area (Å²) in [5.41, 5.74) is 13.0. The van der Waals surface area contributed by atoms with Crippen LogP contribution in [0.1, 0.15) is 49.5 Å². The van der Waals surface area contributed by atoms with Gasteiger partial charge in [0.1, 0.15) is 17.2 Å². The molecule has 1 atom stereocenters. The van der Waals surface area contributed by atoms with Gasteiger partial charge in [-0.25, -0.2) is 9.97 Å².